The molecule has 2 aromatic carbocycles. The van der Waals surface area contributed by atoms with Crippen molar-refractivity contribution in [1.29, 1.82) is 0 Å². The van der Waals surface area contributed by atoms with E-state index in [-0.39, 0.29) is 17.9 Å². The van der Waals surface area contributed by atoms with Crippen LogP contribution in [0.5, 0.6) is 5.75 Å². The number of nitrogens with zero attached hydrogens (tertiary/aromatic N) is 2. The summed E-state index contributed by atoms with van der Waals surface area (Å²) in [6, 6.07) is 13.9. The maximum Gasteiger partial charge on any atom is 0.338 e. The van der Waals surface area contributed by atoms with Crippen molar-refractivity contribution in [1.82, 2.24) is 4.57 Å². The van der Waals surface area contributed by atoms with Crippen LogP contribution in [0.4, 0.5) is 0 Å². The summed E-state index contributed by atoms with van der Waals surface area (Å²) in [7, 11) is 1.50. The maximum absolute atomic E-state index is 13.6. The van der Waals surface area contributed by atoms with Gasteiger partial charge in [0.05, 0.1) is 41.1 Å². The third kappa shape index (κ3) is 4.24. The number of thiazole rings is 1. The van der Waals surface area contributed by atoms with Crippen LogP contribution < -0.4 is 19.6 Å². The Bertz CT molecular complexity index is 1480. The number of esters is 1. The number of fused-ring (bicyclic) bond motifs is 1. The van der Waals surface area contributed by atoms with Crippen molar-refractivity contribution in [2.24, 2.45) is 4.99 Å². The molecule has 3 aromatic rings. The van der Waals surface area contributed by atoms with Gasteiger partial charge in [-0.15, -0.1) is 0 Å². The SMILES string of the molecule is CCOC(=O)C1=C(C)N=c2s/c(=C\c3ccc(C(C)=O)c(OC)c3)c(=O)n2[C@H]1c1ccccc1. The number of allylic oxidation sites excluding steroid dienone is 1. The van der Waals surface area contributed by atoms with Gasteiger partial charge in [-0.25, -0.2) is 9.79 Å². The zero-order valence-corrected chi connectivity index (χ0v) is 20.1. The maximum atomic E-state index is 13.6. The van der Waals surface area contributed by atoms with Crippen LogP contribution in [0.3, 0.4) is 0 Å². The van der Waals surface area contributed by atoms with Crippen LogP contribution in [-0.4, -0.2) is 30.0 Å². The molecule has 8 heteroatoms. The number of carbonyl (C=O) groups excluding carboxylic acids is 2. The lowest BCUT2D eigenvalue weighted by atomic mass is 9.96. The first-order valence-electron chi connectivity index (χ1n) is 10.8. The largest absolute Gasteiger partial charge is 0.496 e. The van der Waals surface area contributed by atoms with Gasteiger partial charge in [0.2, 0.25) is 0 Å². The number of ether oxygens (including phenoxy) is 2. The van der Waals surface area contributed by atoms with Gasteiger partial charge in [0.25, 0.3) is 5.56 Å². The van der Waals surface area contributed by atoms with Gasteiger partial charge in [-0.1, -0.05) is 47.7 Å². The Morgan fingerprint density at radius 2 is 1.91 bits per heavy atom. The highest BCUT2D eigenvalue weighted by molar-refractivity contribution is 7.07. The average molecular weight is 477 g/mol. The molecule has 2 heterocycles. The Kier molecular flexibility index (Phi) is 6.61. The summed E-state index contributed by atoms with van der Waals surface area (Å²) in [4.78, 5) is 43.3. The number of hydrogen-bond acceptors (Lipinski definition) is 7. The van der Waals surface area contributed by atoms with Gasteiger partial charge in [0.1, 0.15) is 5.75 Å². The molecular weight excluding hydrogens is 452 g/mol. The normalized spacial score (nSPS) is 15.5. The van der Waals surface area contributed by atoms with Gasteiger partial charge in [-0.2, -0.15) is 0 Å². The van der Waals surface area contributed by atoms with Crippen LogP contribution in [0.1, 0.15) is 48.3 Å². The van der Waals surface area contributed by atoms with E-state index in [4.69, 9.17) is 9.47 Å². The van der Waals surface area contributed by atoms with Gasteiger partial charge in [0, 0.05) is 0 Å². The van der Waals surface area contributed by atoms with Crippen molar-refractivity contribution in [3.05, 3.63) is 96.2 Å². The summed E-state index contributed by atoms with van der Waals surface area (Å²) in [6.07, 6.45) is 1.74. The summed E-state index contributed by atoms with van der Waals surface area (Å²) < 4.78 is 12.7. The summed E-state index contributed by atoms with van der Waals surface area (Å²) >= 11 is 1.24. The Labute approximate surface area is 200 Å². The van der Waals surface area contributed by atoms with E-state index in [9.17, 15) is 14.4 Å². The second-order valence-electron chi connectivity index (χ2n) is 7.73. The van der Waals surface area contributed by atoms with E-state index in [0.29, 0.717) is 37.5 Å². The van der Waals surface area contributed by atoms with Crippen molar-refractivity contribution >= 4 is 29.2 Å². The minimum absolute atomic E-state index is 0.104. The molecule has 0 saturated carbocycles. The zero-order valence-electron chi connectivity index (χ0n) is 19.3. The Balaban J connectivity index is 1.92. The molecule has 7 nitrogen and oxygen atoms in total. The smallest absolute Gasteiger partial charge is 0.338 e. The molecule has 0 spiro atoms. The van der Waals surface area contributed by atoms with Crippen LogP contribution >= 0.6 is 11.3 Å². The lowest BCUT2D eigenvalue weighted by Gasteiger charge is -2.24. The minimum Gasteiger partial charge on any atom is -0.496 e. The van der Waals surface area contributed by atoms with Gasteiger partial charge >= 0.3 is 5.97 Å². The highest BCUT2D eigenvalue weighted by atomic mass is 32.1. The van der Waals surface area contributed by atoms with Crippen molar-refractivity contribution in [3.8, 4) is 5.75 Å². The number of benzene rings is 2. The molecule has 4 rings (SSSR count). The third-order valence-corrected chi connectivity index (χ3v) is 6.52. The van der Waals surface area contributed by atoms with Crippen LogP contribution in [0.25, 0.3) is 6.08 Å². The predicted molar refractivity (Wildman–Crippen MR) is 130 cm³/mol. The Morgan fingerprint density at radius 3 is 2.56 bits per heavy atom. The van der Waals surface area contributed by atoms with Crippen molar-refractivity contribution in [2.45, 2.75) is 26.8 Å². The van der Waals surface area contributed by atoms with E-state index >= 15 is 0 Å². The molecular formula is C26H24N2O5S. The molecule has 0 saturated heterocycles. The fourth-order valence-electron chi connectivity index (χ4n) is 3.98. The number of hydrogen-bond donors (Lipinski definition) is 0. The Hall–Kier alpha value is -3.78. The van der Waals surface area contributed by atoms with Crippen LogP contribution in [0, 0.1) is 0 Å². The summed E-state index contributed by atoms with van der Waals surface area (Å²) in [5, 5.41) is 0. The zero-order chi connectivity index (χ0) is 24.4. The first kappa shape index (κ1) is 23.4. The summed E-state index contributed by atoms with van der Waals surface area (Å²) in [5.41, 5.74) is 2.58. The quantitative estimate of drug-likeness (QED) is 0.403. The lowest BCUT2D eigenvalue weighted by Crippen LogP contribution is -2.39. The standard InChI is InChI=1S/C26H24N2O5S/c1-5-33-25(31)22-15(2)27-26-28(23(22)18-9-7-6-8-10-18)24(30)21(34-26)14-17-11-12-19(16(3)29)20(13-17)32-4/h6-14,23H,5H2,1-4H3/b21-14-/t23-/m0/s1. The fourth-order valence-corrected chi connectivity index (χ4v) is 5.03. The molecule has 1 aromatic heterocycles. The molecule has 1 aliphatic rings. The second kappa shape index (κ2) is 9.61. The number of ketones is 1. The second-order valence-corrected chi connectivity index (χ2v) is 8.74. The Morgan fingerprint density at radius 1 is 1.18 bits per heavy atom. The molecule has 174 valence electrons. The average Bonchev–Trinajstić information content (AvgIpc) is 3.12. The molecule has 0 radical (unpaired) electrons. The van der Waals surface area contributed by atoms with E-state index < -0.39 is 12.0 Å². The molecule has 34 heavy (non-hydrogen) atoms. The first-order chi connectivity index (χ1) is 16.3. The van der Waals surface area contributed by atoms with Crippen molar-refractivity contribution < 1.29 is 19.1 Å². The van der Waals surface area contributed by atoms with Gasteiger partial charge < -0.3 is 9.47 Å². The predicted octanol–water partition coefficient (Wildman–Crippen LogP) is 3.01. The van der Waals surface area contributed by atoms with E-state index in [1.54, 1.807) is 42.7 Å². The van der Waals surface area contributed by atoms with Gasteiger partial charge in [-0.3, -0.25) is 14.2 Å². The number of aromatic nitrogens is 1. The van der Waals surface area contributed by atoms with E-state index in [2.05, 4.69) is 4.99 Å². The summed E-state index contributed by atoms with van der Waals surface area (Å²) in [6.45, 7) is 5.19. The van der Waals surface area contributed by atoms with E-state index in [1.807, 2.05) is 30.3 Å². The lowest BCUT2D eigenvalue weighted by molar-refractivity contribution is -0.139. The van der Waals surface area contributed by atoms with Crippen molar-refractivity contribution in [3.63, 3.8) is 0 Å². The number of rotatable bonds is 6. The van der Waals surface area contributed by atoms with Gasteiger partial charge in [0.15, 0.2) is 10.6 Å². The highest BCUT2D eigenvalue weighted by Crippen LogP contribution is 2.30. The monoisotopic (exact) mass is 476 g/mol. The molecule has 0 N–H and O–H groups in total. The molecule has 0 aliphatic carbocycles. The first-order valence-corrected chi connectivity index (χ1v) is 11.6. The number of methoxy groups -OCH3 is 1. The molecule has 0 unspecified atom stereocenters. The fraction of sp³-hybridized carbons (Fsp3) is 0.231. The highest BCUT2D eigenvalue weighted by Gasteiger charge is 2.33. The van der Waals surface area contributed by atoms with Crippen LogP contribution in [0.15, 0.2) is 69.6 Å². The number of carbonyl (C=O) groups is 2. The van der Waals surface area contributed by atoms with Crippen LogP contribution in [0.2, 0.25) is 0 Å². The van der Waals surface area contributed by atoms with Gasteiger partial charge in [-0.05, 0) is 50.1 Å². The minimum atomic E-state index is -0.645. The summed E-state index contributed by atoms with van der Waals surface area (Å²) in [5.74, 6) is -0.152. The third-order valence-electron chi connectivity index (χ3n) is 5.53. The molecule has 0 amide bonds. The topological polar surface area (TPSA) is 87.0 Å². The van der Waals surface area contributed by atoms with E-state index in [0.717, 1.165) is 5.56 Å². The molecule has 0 bridgehead atoms. The molecule has 1 aliphatic heterocycles. The van der Waals surface area contributed by atoms with E-state index in [1.165, 1.54) is 25.4 Å². The number of Topliss-reactive ketones (excluding diaryl/α,β-unsaturated/α-hetero) is 1. The van der Waals surface area contributed by atoms with Crippen molar-refractivity contribution in [2.75, 3.05) is 13.7 Å². The molecule has 0 fully saturated rings. The van der Waals surface area contributed by atoms with Crippen LogP contribution in [-0.2, 0) is 9.53 Å². The molecule has 1 atom stereocenters.